The largest absolute Gasteiger partial charge is 0.461 e. The molecule has 0 saturated heterocycles. The van der Waals surface area contributed by atoms with E-state index in [2.05, 4.69) is 17.1 Å². The van der Waals surface area contributed by atoms with Crippen molar-refractivity contribution in [2.45, 2.75) is 26.2 Å². The van der Waals surface area contributed by atoms with Crippen LogP contribution in [0.3, 0.4) is 0 Å². The number of rotatable bonds is 2. The summed E-state index contributed by atoms with van der Waals surface area (Å²) in [5.41, 5.74) is 2.79. The van der Waals surface area contributed by atoms with Crippen molar-refractivity contribution in [2.75, 3.05) is 6.61 Å². The molecule has 4 nitrogen and oxygen atoms in total. The van der Waals surface area contributed by atoms with Crippen molar-refractivity contribution in [3.8, 4) is 0 Å². The van der Waals surface area contributed by atoms with Gasteiger partial charge in [-0.25, -0.2) is 4.79 Å². The van der Waals surface area contributed by atoms with Crippen molar-refractivity contribution in [3.63, 3.8) is 0 Å². The second kappa shape index (κ2) is 2.84. The van der Waals surface area contributed by atoms with Gasteiger partial charge in [-0.15, -0.1) is 0 Å². The van der Waals surface area contributed by atoms with E-state index in [0.717, 1.165) is 23.6 Å². The Bertz CT molecular complexity index is 424. The van der Waals surface area contributed by atoms with Gasteiger partial charge in [0.15, 0.2) is 5.69 Å². The molecule has 0 spiro atoms. The fourth-order valence-electron chi connectivity index (χ4n) is 2.83. The van der Waals surface area contributed by atoms with Crippen LogP contribution in [-0.4, -0.2) is 22.8 Å². The predicted molar refractivity (Wildman–Crippen MR) is 53.6 cm³/mol. The number of nitrogens with one attached hydrogen (secondary N) is 1. The third-order valence-corrected chi connectivity index (χ3v) is 3.69. The molecule has 0 aliphatic heterocycles. The first-order valence-corrected chi connectivity index (χ1v) is 5.48. The van der Waals surface area contributed by atoms with E-state index in [-0.39, 0.29) is 5.97 Å². The zero-order valence-corrected chi connectivity index (χ0v) is 8.91. The highest BCUT2D eigenvalue weighted by molar-refractivity contribution is 5.90. The maximum Gasteiger partial charge on any atom is 0.359 e. The lowest BCUT2D eigenvalue weighted by Gasteiger charge is -2.01. The van der Waals surface area contributed by atoms with E-state index in [1.165, 1.54) is 0 Å². The molecular weight excluding hydrogens is 192 g/mol. The minimum Gasteiger partial charge on any atom is -0.461 e. The summed E-state index contributed by atoms with van der Waals surface area (Å²) in [7, 11) is 0. The first-order chi connectivity index (χ1) is 7.24. The molecule has 0 bridgehead atoms. The van der Waals surface area contributed by atoms with Crippen LogP contribution in [-0.2, 0) is 11.2 Å². The molecule has 1 unspecified atom stereocenters. The summed E-state index contributed by atoms with van der Waals surface area (Å²) in [6, 6.07) is 0. The highest BCUT2D eigenvalue weighted by atomic mass is 16.5. The number of carbonyl (C=O) groups is 1. The van der Waals surface area contributed by atoms with Crippen LogP contribution < -0.4 is 0 Å². The van der Waals surface area contributed by atoms with Gasteiger partial charge in [0.2, 0.25) is 0 Å². The molecule has 1 aromatic rings. The Labute approximate surface area is 88.0 Å². The second-order valence-electron chi connectivity index (χ2n) is 4.44. The number of carbonyl (C=O) groups excluding carboxylic acids is 1. The fraction of sp³-hybridized carbons (Fsp3) is 0.636. The Kier molecular flexibility index (Phi) is 1.69. The quantitative estimate of drug-likeness (QED) is 0.746. The average Bonchev–Trinajstić information content (AvgIpc) is 2.63. The fourth-order valence-corrected chi connectivity index (χ4v) is 2.83. The normalized spacial score (nSPS) is 30.9. The molecule has 80 valence electrons. The molecule has 1 fully saturated rings. The average molecular weight is 206 g/mol. The zero-order chi connectivity index (χ0) is 10.6. The third kappa shape index (κ3) is 1.07. The van der Waals surface area contributed by atoms with Crippen LogP contribution in [0.5, 0.6) is 0 Å². The van der Waals surface area contributed by atoms with Crippen LogP contribution in [0.1, 0.15) is 41.5 Å². The van der Waals surface area contributed by atoms with E-state index >= 15 is 0 Å². The van der Waals surface area contributed by atoms with E-state index in [9.17, 15) is 4.79 Å². The number of hydrogen-bond acceptors (Lipinski definition) is 3. The molecule has 1 aromatic heterocycles. The molecule has 1 saturated carbocycles. The van der Waals surface area contributed by atoms with Crippen molar-refractivity contribution in [1.82, 2.24) is 10.2 Å². The topological polar surface area (TPSA) is 55.0 Å². The summed E-state index contributed by atoms with van der Waals surface area (Å²) < 4.78 is 4.99. The summed E-state index contributed by atoms with van der Waals surface area (Å²) in [4.78, 5) is 11.6. The molecular formula is C11H14N2O2. The lowest BCUT2D eigenvalue weighted by molar-refractivity contribution is 0.0518. The van der Waals surface area contributed by atoms with Gasteiger partial charge in [0.1, 0.15) is 0 Å². The molecule has 4 heteroatoms. The van der Waals surface area contributed by atoms with Gasteiger partial charge in [0.05, 0.1) is 6.61 Å². The molecule has 3 atom stereocenters. The maximum atomic E-state index is 11.6. The number of ether oxygens (including phenoxy) is 1. The molecule has 3 rings (SSSR count). The monoisotopic (exact) mass is 206 g/mol. The Balaban J connectivity index is 1.95. The molecule has 0 radical (unpaired) electrons. The van der Waals surface area contributed by atoms with Crippen LogP contribution in [0.25, 0.3) is 0 Å². The molecule has 0 amide bonds. The highest BCUT2D eigenvalue weighted by Gasteiger charge is 2.55. The second-order valence-corrected chi connectivity index (χ2v) is 4.44. The summed E-state index contributed by atoms with van der Waals surface area (Å²) in [5.74, 6) is 1.72. The first-order valence-electron chi connectivity index (χ1n) is 5.48. The minimum atomic E-state index is -0.283. The van der Waals surface area contributed by atoms with E-state index in [4.69, 9.17) is 4.74 Å². The van der Waals surface area contributed by atoms with Crippen LogP contribution in [0.4, 0.5) is 0 Å². The summed E-state index contributed by atoms with van der Waals surface area (Å²) in [6.07, 6.45) is 1.05. The van der Waals surface area contributed by atoms with E-state index < -0.39 is 0 Å². The van der Waals surface area contributed by atoms with Crippen molar-refractivity contribution in [1.29, 1.82) is 0 Å². The van der Waals surface area contributed by atoms with Crippen LogP contribution in [0.15, 0.2) is 0 Å². The SMILES string of the molecule is CCOC(=O)c1n[nH]c2c1[C@H]1C(C)[C@H]1C2. The van der Waals surface area contributed by atoms with Crippen molar-refractivity contribution >= 4 is 5.97 Å². The number of aromatic nitrogens is 2. The molecule has 2 aliphatic rings. The Hall–Kier alpha value is -1.32. The molecule has 2 aliphatic carbocycles. The Morgan fingerprint density at radius 1 is 1.67 bits per heavy atom. The van der Waals surface area contributed by atoms with Crippen LogP contribution in [0, 0.1) is 11.8 Å². The zero-order valence-electron chi connectivity index (χ0n) is 8.91. The van der Waals surface area contributed by atoms with Gasteiger partial charge in [-0.2, -0.15) is 5.10 Å². The van der Waals surface area contributed by atoms with Gasteiger partial charge >= 0.3 is 5.97 Å². The van der Waals surface area contributed by atoms with E-state index in [1.807, 2.05) is 6.92 Å². The standard InChI is InChI=1S/C11H14N2O2/c1-3-15-11(14)10-9-7(12-13-10)4-6-5(2)8(6)9/h5-6,8H,3-4H2,1-2H3,(H,12,13)/t5?,6-,8+/m1/s1. The third-order valence-electron chi connectivity index (χ3n) is 3.69. The van der Waals surface area contributed by atoms with Crippen molar-refractivity contribution in [3.05, 3.63) is 17.0 Å². The van der Waals surface area contributed by atoms with Crippen LogP contribution >= 0.6 is 0 Å². The first kappa shape index (κ1) is 8.95. The van der Waals surface area contributed by atoms with Gasteiger partial charge in [0.25, 0.3) is 0 Å². The summed E-state index contributed by atoms with van der Waals surface area (Å²) in [6.45, 7) is 4.46. The van der Waals surface area contributed by atoms with E-state index in [1.54, 1.807) is 0 Å². The summed E-state index contributed by atoms with van der Waals surface area (Å²) in [5, 5.41) is 7.02. The Morgan fingerprint density at radius 2 is 2.47 bits per heavy atom. The van der Waals surface area contributed by atoms with Gasteiger partial charge in [0, 0.05) is 11.3 Å². The lowest BCUT2D eigenvalue weighted by Crippen LogP contribution is -2.07. The summed E-state index contributed by atoms with van der Waals surface area (Å²) >= 11 is 0. The molecule has 1 heterocycles. The smallest absolute Gasteiger partial charge is 0.359 e. The van der Waals surface area contributed by atoms with Gasteiger partial charge in [-0.05, 0) is 31.1 Å². The van der Waals surface area contributed by atoms with Crippen LogP contribution in [0.2, 0.25) is 0 Å². The number of nitrogens with zero attached hydrogens (tertiary/aromatic N) is 1. The van der Waals surface area contributed by atoms with E-state index in [0.29, 0.717) is 24.1 Å². The minimum absolute atomic E-state index is 0.283. The number of aromatic amines is 1. The predicted octanol–water partition coefficient (Wildman–Crippen LogP) is 1.49. The van der Waals surface area contributed by atoms with Crippen molar-refractivity contribution in [2.24, 2.45) is 11.8 Å². The number of esters is 1. The lowest BCUT2D eigenvalue weighted by atomic mass is 10.1. The maximum absolute atomic E-state index is 11.6. The van der Waals surface area contributed by atoms with Gasteiger partial charge in [-0.3, -0.25) is 5.10 Å². The molecule has 15 heavy (non-hydrogen) atoms. The van der Waals surface area contributed by atoms with Gasteiger partial charge < -0.3 is 4.74 Å². The number of fused-ring (bicyclic) bond motifs is 3. The molecule has 1 N–H and O–H groups in total. The van der Waals surface area contributed by atoms with Gasteiger partial charge in [-0.1, -0.05) is 6.92 Å². The number of H-pyrrole nitrogens is 1. The number of hydrogen-bond donors (Lipinski definition) is 1. The highest BCUT2D eigenvalue weighted by Crippen LogP contribution is 2.61. The Morgan fingerprint density at radius 3 is 3.20 bits per heavy atom. The van der Waals surface area contributed by atoms with Crippen molar-refractivity contribution < 1.29 is 9.53 Å². The molecule has 0 aromatic carbocycles.